The van der Waals surface area contributed by atoms with Crippen molar-refractivity contribution in [2.24, 2.45) is 17.8 Å². The molecule has 0 amide bonds. The van der Waals surface area contributed by atoms with Crippen LogP contribution in [0.3, 0.4) is 0 Å². The Morgan fingerprint density at radius 2 is 2.00 bits per heavy atom. The molecule has 2 fully saturated rings. The van der Waals surface area contributed by atoms with Crippen LogP contribution in [0.2, 0.25) is 0 Å². The Kier molecular flexibility index (Phi) is 4.47. The third-order valence-corrected chi connectivity index (χ3v) is 3.85. The van der Waals surface area contributed by atoms with Crippen molar-refractivity contribution in [3.8, 4) is 0 Å². The Hall–Kier alpha value is 1.32. The molecule has 1 saturated heterocycles. The smallest absolute Gasteiger partial charge is 0.0953 e. The fourth-order valence-electron chi connectivity index (χ4n) is 3.32. The van der Waals surface area contributed by atoms with E-state index in [-0.39, 0.29) is 74.9 Å². The summed E-state index contributed by atoms with van der Waals surface area (Å²) in [6.45, 7) is 4.44. The van der Waals surface area contributed by atoms with Gasteiger partial charge in [0.25, 0.3) is 0 Å². The molecule has 5 atom stereocenters. The van der Waals surface area contributed by atoms with Gasteiger partial charge >= 0.3 is 0 Å². The van der Waals surface area contributed by atoms with E-state index >= 15 is 0 Å². The first kappa shape index (κ1) is 13.4. The van der Waals surface area contributed by atoms with Crippen molar-refractivity contribution in [3.05, 3.63) is 0 Å². The zero-order chi connectivity index (χ0) is 9.64. The molecule has 79 valence electrons. The van der Waals surface area contributed by atoms with Crippen molar-refractivity contribution in [1.82, 2.24) is 0 Å². The van der Waals surface area contributed by atoms with Gasteiger partial charge in [0.2, 0.25) is 0 Å². The van der Waals surface area contributed by atoms with Crippen LogP contribution in [-0.2, 0) is 4.74 Å². The third kappa shape index (κ3) is 1.72. The van der Waals surface area contributed by atoms with E-state index in [0.717, 1.165) is 6.42 Å². The van der Waals surface area contributed by atoms with Crippen molar-refractivity contribution < 1.29 is 59.0 Å². The van der Waals surface area contributed by atoms with Crippen LogP contribution in [0.5, 0.6) is 0 Å². The largest absolute Gasteiger partial charge is 0.396 e. The number of rotatable bonds is 2. The first-order valence-electron chi connectivity index (χ1n) is 5.04. The minimum absolute atomic E-state index is 0. The number of hydrogen-bond acceptors (Lipinski definition) is 3. The van der Waals surface area contributed by atoms with Gasteiger partial charge in [0.15, 0.2) is 0 Å². The van der Waals surface area contributed by atoms with Crippen molar-refractivity contribution in [2.45, 2.75) is 32.0 Å². The second-order valence-corrected chi connectivity index (χ2v) is 4.60. The Balaban J connectivity index is 0.000000980. The van der Waals surface area contributed by atoms with Gasteiger partial charge in [-0.3, -0.25) is 0 Å². The van der Waals surface area contributed by atoms with Gasteiger partial charge in [-0.15, -0.1) is 0 Å². The van der Waals surface area contributed by atoms with E-state index in [9.17, 15) is 10.2 Å². The Labute approximate surface area is 121 Å². The summed E-state index contributed by atoms with van der Waals surface area (Å²) in [7, 11) is 0. The number of ether oxygens (including phenoxy) is 1. The van der Waals surface area contributed by atoms with Crippen LogP contribution in [0, 0.1) is 61.8 Å². The van der Waals surface area contributed by atoms with E-state index < -0.39 is 0 Å². The Morgan fingerprint density at radius 3 is 2.43 bits per heavy atom. The second-order valence-electron chi connectivity index (χ2n) is 4.60. The van der Waals surface area contributed by atoms with Crippen LogP contribution in [0.25, 0.3) is 0 Å². The molecule has 1 heterocycles. The third-order valence-electron chi connectivity index (χ3n) is 3.85. The molecule has 0 aromatic heterocycles. The van der Waals surface area contributed by atoms with Crippen molar-refractivity contribution in [2.75, 3.05) is 13.2 Å². The van der Waals surface area contributed by atoms with Gasteiger partial charge in [-0.2, -0.15) is 0 Å². The summed E-state index contributed by atoms with van der Waals surface area (Å²) in [6, 6.07) is 0. The fourth-order valence-corrected chi connectivity index (χ4v) is 3.32. The molecule has 2 aliphatic rings. The standard InChI is InChI=1S/C10H18O3.Ac/c1-6-3-10(5-12)9(6)8(4-11)7(2)13-10;/h6-9,11-12H,3-5H2,1-2H3;/t6?,7-,8?,9+,10+;/m0./s1. The minimum Gasteiger partial charge on any atom is -0.396 e. The molecule has 14 heavy (non-hydrogen) atoms. The van der Waals surface area contributed by atoms with Crippen LogP contribution >= 0.6 is 0 Å². The molecule has 0 bridgehead atoms. The molecule has 2 N–H and O–H groups in total. The average Bonchev–Trinajstić information content (AvgIpc) is 2.33. The number of hydrogen-bond donors (Lipinski definition) is 2. The second kappa shape index (κ2) is 4.67. The first-order valence-corrected chi connectivity index (χ1v) is 5.04. The molecule has 2 rings (SSSR count). The molecule has 1 aliphatic carbocycles. The maximum absolute atomic E-state index is 9.29. The molecular formula is C10H18AcO3. The maximum Gasteiger partial charge on any atom is 0.0953 e. The van der Waals surface area contributed by atoms with Gasteiger partial charge in [-0.25, -0.2) is 0 Å². The summed E-state index contributed by atoms with van der Waals surface area (Å²) in [6.07, 6.45) is 1.03. The van der Waals surface area contributed by atoms with Crippen LogP contribution < -0.4 is 0 Å². The molecule has 2 unspecified atom stereocenters. The zero-order valence-electron chi connectivity index (χ0n) is 8.81. The number of aliphatic hydroxyl groups excluding tert-OH is 2. The monoisotopic (exact) mass is 413 g/mol. The Morgan fingerprint density at radius 1 is 1.36 bits per heavy atom. The number of fused-ring (bicyclic) bond motifs is 1. The molecule has 3 nitrogen and oxygen atoms in total. The van der Waals surface area contributed by atoms with Gasteiger partial charge in [-0.05, 0) is 19.3 Å². The van der Waals surface area contributed by atoms with Crippen LogP contribution in [-0.4, -0.2) is 35.1 Å². The topological polar surface area (TPSA) is 49.7 Å². The molecular weight excluding hydrogens is 395 g/mol. The molecule has 0 aromatic carbocycles. The van der Waals surface area contributed by atoms with Gasteiger partial charge in [-0.1, -0.05) is 6.92 Å². The summed E-state index contributed by atoms with van der Waals surface area (Å²) >= 11 is 0. The maximum atomic E-state index is 9.29. The first-order chi connectivity index (χ1) is 6.14. The Bertz CT molecular complexity index is 212. The van der Waals surface area contributed by atoms with Crippen LogP contribution in [0.4, 0.5) is 0 Å². The van der Waals surface area contributed by atoms with Gasteiger partial charge in [0, 0.05) is 62.5 Å². The van der Waals surface area contributed by atoms with E-state index in [2.05, 4.69) is 6.92 Å². The molecule has 1 aliphatic heterocycles. The van der Waals surface area contributed by atoms with E-state index in [1.807, 2.05) is 6.92 Å². The quantitative estimate of drug-likeness (QED) is 0.690. The summed E-state index contributed by atoms with van der Waals surface area (Å²) in [5, 5.41) is 18.5. The van der Waals surface area contributed by atoms with Gasteiger partial charge in [0.1, 0.15) is 0 Å². The van der Waals surface area contributed by atoms with Crippen molar-refractivity contribution >= 4 is 0 Å². The molecule has 0 spiro atoms. The predicted molar refractivity (Wildman–Crippen MR) is 48.2 cm³/mol. The van der Waals surface area contributed by atoms with Crippen molar-refractivity contribution in [1.29, 1.82) is 0 Å². The van der Waals surface area contributed by atoms with Gasteiger partial charge < -0.3 is 14.9 Å². The van der Waals surface area contributed by atoms with Crippen LogP contribution in [0.1, 0.15) is 20.3 Å². The predicted octanol–water partition coefficient (Wildman–Crippen LogP) is 0.401. The fraction of sp³-hybridized carbons (Fsp3) is 1.00. The number of aliphatic hydroxyl groups is 2. The average molecular weight is 413 g/mol. The van der Waals surface area contributed by atoms with E-state index in [1.165, 1.54) is 0 Å². The minimum atomic E-state index is -0.313. The summed E-state index contributed by atoms with van der Waals surface area (Å²) < 4.78 is 5.76. The van der Waals surface area contributed by atoms with Crippen molar-refractivity contribution in [3.63, 3.8) is 0 Å². The summed E-state index contributed by atoms with van der Waals surface area (Å²) in [5.41, 5.74) is -0.313. The normalized spacial score (nSPS) is 50.6. The molecule has 4 heteroatoms. The molecule has 1 radical (unpaired) electrons. The van der Waals surface area contributed by atoms with E-state index in [1.54, 1.807) is 0 Å². The van der Waals surface area contributed by atoms with Crippen LogP contribution in [0.15, 0.2) is 0 Å². The van der Waals surface area contributed by atoms with E-state index in [4.69, 9.17) is 4.74 Å². The summed E-state index contributed by atoms with van der Waals surface area (Å²) in [4.78, 5) is 0. The SMILES string of the molecule is CC1C[C@]2(CO)O[C@@H](C)C(CO)[C@@H]12.[Ac]. The molecule has 1 saturated carbocycles. The summed E-state index contributed by atoms with van der Waals surface area (Å²) in [5.74, 6) is 1.16. The van der Waals surface area contributed by atoms with Gasteiger partial charge in [0.05, 0.1) is 18.3 Å². The zero-order valence-corrected chi connectivity index (χ0v) is 13.6. The van der Waals surface area contributed by atoms with E-state index in [0.29, 0.717) is 11.8 Å². The molecule has 0 aromatic rings.